The van der Waals surface area contributed by atoms with Gasteiger partial charge in [0.05, 0.1) is 24.2 Å². The lowest BCUT2D eigenvalue weighted by Gasteiger charge is -2.31. The first-order chi connectivity index (χ1) is 31.0. The van der Waals surface area contributed by atoms with E-state index in [9.17, 15) is 33.6 Å². The Bertz CT molecular complexity index is 2440. The molecule has 17 nitrogen and oxygen atoms in total. The monoisotopic (exact) mass is 895 g/mol. The van der Waals surface area contributed by atoms with E-state index >= 15 is 0 Å². The van der Waals surface area contributed by atoms with Crippen LogP contribution in [0, 0.1) is 5.92 Å². The summed E-state index contributed by atoms with van der Waals surface area (Å²) in [4.78, 5) is 95.7. The summed E-state index contributed by atoms with van der Waals surface area (Å²) in [5.41, 5.74) is 0.900. The fourth-order valence-electron chi connectivity index (χ4n) is 8.81. The van der Waals surface area contributed by atoms with Crippen molar-refractivity contribution in [3.05, 3.63) is 73.1 Å². The lowest BCUT2D eigenvalue weighted by molar-refractivity contribution is -0.143. The summed E-state index contributed by atoms with van der Waals surface area (Å²) in [5.74, 6) is -1.71. The lowest BCUT2D eigenvalue weighted by atomic mass is 10.1. The SMILES string of the molecule is CC[C@@H](C)C(=O)N[C@H]1CCO[C@H]2CC[C@H](C(=O)n3ccc4ccccc43)N2C1=O.C[C@@H](C(=O)N[C@H]1CCO[C@H]2CC[C@H](C(=O)n3ccc4ccccc43)N2C1=O)N(C)C(=O)OC(C)(C)C. The van der Waals surface area contributed by atoms with E-state index in [1.807, 2.05) is 74.5 Å². The zero-order valence-corrected chi connectivity index (χ0v) is 38.2. The lowest BCUT2D eigenvalue weighted by Crippen LogP contribution is -2.56. The molecular weight excluding hydrogens is 835 g/mol. The molecule has 4 aliphatic heterocycles. The van der Waals surface area contributed by atoms with Crippen molar-refractivity contribution in [2.24, 2.45) is 5.92 Å². The van der Waals surface area contributed by atoms with Gasteiger partial charge >= 0.3 is 6.09 Å². The number of carbonyl (C=O) groups is 7. The Balaban J connectivity index is 0.000000198. The summed E-state index contributed by atoms with van der Waals surface area (Å²) < 4.78 is 20.3. The minimum atomic E-state index is -0.869. The second kappa shape index (κ2) is 19.6. The van der Waals surface area contributed by atoms with Crippen LogP contribution in [-0.4, -0.2) is 134 Å². The molecule has 0 saturated carbocycles. The average molecular weight is 896 g/mol. The van der Waals surface area contributed by atoms with E-state index in [1.54, 1.807) is 54.1 Å². The highest BCUT2D eigenvalue weighted by Gasteiger charge is 2.48. The first kappa shape index (κ1) is 46.9. The maximum atomic E-state index is 13.6. The quantitative estimate of drug-likeness (QED) is 0.235. The zero-order chi connectivity index (χ0) is 46.7. The van der Waals surface area contributed by atoms with E-state index in [0.717, 1.165) is 21.8 Å². The topological polar surface area (TPSA) is 191 Å². The molecule has 4 fully saturated rings. The summed E-state index contributed by atoms with van der Waals surface area (Å²) in [6.07, 6.45) is 5.49. The van der Waals surface area contributed by atoms with Crippen molar-refractivity contribution >= 4 is 63.3 Å². The van der Waals surface area contributed by atoms with Crippen molar-refractivity contribution in [2.75, 3.05) is 20.3 Å². The van der Waals surface area contributed by atoms with Gasteiger partial charge in [0, 0.05) is 49.0 Å². The number of hydrogen-bond acceptors (Lipinski definition) is 10. The largest absolute Gasteiger partial charge is 0.444 e. The molecule has 2 aromatic heterocycles. The second-order valence-electron chi connectivity index (χ2n) is 18.3. The standard InChI is InChI=1S/C26H34N4O6.C22H27N3O4/c1-16(28(5)25(34)36-26(2,3)4)22(31)27-18-13-15-35-21-11-10-20(30(21)23(18)32)24(33)29-14-12-17-8-6-7-9-19(17)29;1-3-14(2)20(26)23-16-11-13-29-19-9-8-18(25(19)21(16)27)22(28)24-12-10-15-6-4-5-7-17(15)24/h6-9,12,14,16,18,20-21H,10-11,13,15H2,1-5H3,(H,27,31);4-7,10,12,14,16,18-19H,3,8-9,11,13H2,1-2H3,(H,23,26)/t16-,18-,20+,21-;14-,16+,18-,19+/m01/s1. The van der Waals surface area contributed by atoms with Crippen molar-refractivity contribution in [3.8, 4) is 0 Å². The molecule has 5 amide bonds. The fraction of sp³-hybridized carbons (Fsp3) is 0.521. The van der Waals surface area contributed by atoms with Gasteiger partial charge in [-0.2, -0.15) is 0 Å². The van der Waals surface area contributed by atoms with Crippen molar-refractivity contribution in [1.29, 1.82) is 0 Å². The van der Waals surface area contributed by atoms with Gasteiger partial charge in [-0.1, -0.05) is 50.2 Å². The van der Waals surface area contributed by atoms with Gasteiger partial charge in [-0.15, -0.1) is 0 Å². The number of aromatic nitrogens is 2. The Hall–Kier alpha value is -6.07. The Labute approximate surface area is 378 Å². The molecule has 6 heterocycles. The molecule has 0 aliphatic carbocycles. The summed E-state index contributed by atoms with van der Waals surface area (Å²) in [5, 5.41) is 7.55. The van der Waals surface area contributed by atoms with Gasteiger partial charge in [-0.05, 0) is 84.1 Å². The Morgan fingerprint density at radius 3 is 1.58 bits per heavy atom. The minimum Gasteiger partial charge on any atom is -0.444 e. The van der Waals surface area contributed by atoms with E-state index < -0.39 is 60.3 Å². The molecule has 2 aromatic carbocycles. The predicted molar refractivity (Wildman–Crippen MR) is 240 cm³/mol. The van der Waals surface area contributed by atoms with Crippen LogP contribution in [0.5, 0.6) is 0 Å². The Morgan fingerprint density at radius 2 is 1.14 bits per heavy atom. The highest BCUT2D eigenvalue weighted by Crippen LogP contribution is 2.33. The zero-order valence-electron chi connectivity index (χ0n) is 38.2. The number of hydrogen-bond donors (Lipinski definition) is 2. The maximum Gasteiger partial charge on any atom is 0.410 e. The number of nitrogens with zero attached hydrogens (tertiary/aromatic N) is 5. The van der Waals surface area contributed by atoms with E-state index in [-0.39, 0.29) is 48.5 Å². The number of amides is 5. The highest BCUT2D eigenvalue weighted by atomic mass is 16.6. The molecule has 2 N–H and O–H groups in total. The van der Waals surface area contributed by atoms with Gasteiger partial charge in [0.2, 0.25) is 23.6 Å². The van der Waals surface area contributed by atoms with Gasteiger partial charge < -0.3 is 34.6 Å². The normalized spacial score (nSPS) is 24.2. The number of para-hydroxylation sites is 2. The molecule has 65 heavy (non-hydrogen) atoms. The van der Waals surface area contributed by atoms with Crippen LogP contribution >= 0.6 is 0 Å². The predicted octanol–water partition coefficient (Wildman–Crippen LogP) is 5.31. The Morgan fingerprint density at radius 1 is 0.692 bits per heavy atom. The fourth-order valence-corrected chi connectivity index (χ4v) is 8.81. The number of nitrogens with one attached hydrogen (secondary N) is 2. The molecule has 0 spiro atoms. The molecular formula is C48H61N7O10. The van der Waals surface area contributed by atoms with Crippen LogP contribution in [0.3, 0.4) is 0 Å². The number of fused-ring (bicyclic) bond motifs is 4. The maximum absolute atomic E-state index is 13.6. The second-order valence-corrected chi connectivity index (χ2v) is 18.3. The molecule has 8 rings (SSSR count). The Kier molecular flexibility index (Phi) is 14.1. The smallest absolute Gasteiger partial charge is 0.410 e. The first-order valence-corrected chi connectivity index (χ1v) is 22.6. The summed E-state index contributed by atoms with van der Waals surface area (Å²) >= 11 is 0. The van der Waals surface area contributed by atoms with Gasteiger partial charge in [-0.3, -0.25) is 42.8 Å². The number of rotatable bonds is 8. The van der Waals surface area contributed by atoms with Crippen molar-refractivity contribution < 1.29 is 47.8 Å². The van der Waals surface area contributed by atoms with Gasteiger partial charge in [0.25, 0.3) is 11.8 Å². The molecule has 17 heteroatoms. The van der Waals surface area contributed by atoms with E-state index in [2.05, 4.69) is 10.6 Å². The number of likely N-dealkylation sites (N-methyl/N-ethyl adjacent to an activating group) is 1. The minimum absolute atomic E-state index is 0.136. The first-order valence-electron chi connectivity index (χ1n) is 22.6. The van der Waals surface area contributed by atoms with Gasteiger partial charge in [0.15, 0.2) is 0 Å². The van der Waals surface area contributed by atoms with Crippen LogP contribution in [0.1, 0.15) is 96.1 Å². The third kappa shape index (κ3) is 9.95. The summed E-state index contributed by atoms with van der Waals surface area (Å²) in [6.45, 7) is 11.2. The third-order valence-electron chi connectivity index (χ3n) is 12.8. The molecule has 348 valence electrons. The number of carbonyl (C=O) groups excluding carboxylic acids is 7. The average Bonchev–Trinajstić information content (AvgIpc) is 4.08. The third-order valence-corrected chi connectivity index (χ3v) is 12.8. The summed E-state index contributed by atoms with van der Waals surface area (Å²) in [6, 6.07) is 15.3. The van der Waals surface area contributed by atoms with Gasteiger partial charge in [-0.25, -0.2) is 4.79 Å². The van der Waals surface area contributed by atoms with Crippen LogP contribution < -0.4 is 10.6 Å². The van der Waals surface area contributed by atoms with E-state index in [4.69, 9.17) is 14.2 Å². The number of benzene rings is 2. The summed E-state index contributed by atoms with van der Waals surface area (Å²) in [7, 11) is 1.48. The van der Waals surface area contributed by atoms with Crippen molar-refractivity contribution in [2.45, 2.75) is 135 Å². The molecule has 0 unspecified atom stereocenters. The molecule has 0 bridgehead atoms. The van der Waals surface area contributed by atoms with Crippen LogP contribution in [0.2, 0.25) is 0 Å². The molecule has 4 aliphatic rings. The molecule has 4 aromatic rings. The molecule has 8 atom stereocenters. The highest BCUT2D eigenvalue weighted by molar-refractivity contribution is 6.00. The van der Waals surface area contributed by atoms with Gasteiger partial charge in [0.1, 0.15) is 48.3 Å². The van der Waals surface area contributed by atoms with Crippen LogP contribution in [-0.2, 0) is 33.4 Å². The van der Waals surface area contributed by atoms with Crippen molar-refractivity contribution in [3.63, 3.8) is 0 Å². The molecule has 4 saturated heterocycles. The van der Waals surface area contributed by atoms with Crippen molar-refractivity contribution in [1.82, 2.24) is 34.5 Å². The van der Waals surface area contributed by atoms with Crippen LogP contribution in [0.25, 0.3) is 21.8 Å². The van der Waals surface area contributed by atoms with Crippen LogP contribution in [0.15, 0.2) is 73.1 Å². The number of ether oxygens (including phenoxy) is 3. The molecule has 0 radical (unpaired) electrons. The van der Waals surface area contributed by atoms with E-state index in [1.165, 1.54) is 16.8 Å². The van der Waals surface area contributed by atoms with E-state index in [0.29, 0.717) is 45.1 Å². The van der Waals surface area contributed by atoms with Crippen LogP contribution in [0.4, 0.5) is 4.79 Å².